The number of fused-ring (bicyclic) bond motifs is 2. The monoisotopic (exact) mass is 381 g/mol. The van der Waals surface area contributed by atoms with Gasteiger partial charge in [-0.15, -0.1) is 0 Å². The van der Waals surface area contributed by atoms with Gasteiger partial charge in [-0.1, -0.05) is 42.5 Å². The van der Waals surface area contributed by atoms with Gasteiger partial charge in [-0.3, -0.25) is 4.79 Å². The van der Waals surface area contributed by atoms with Crippen molar-refractivity contribution in [2.75, 3.05) is 0 Å². The van der Waals surface area contributed by atoms with Crippen molar-refractivity contribution >= 4 is 28.0 Å². The smallest absolute Gasteiger partial charge is 0.251 e. The molecule has 1 amide bonds. The number of hydrogen-bond donors (Lipinski definition) is 3. The Morgan fingerprint density at radius 1 is 0.793 bits per heavy atom. The maximum Gasteiger partial charge on any atom is 0.251 e. The number of para-hydroxylation sites is 4. The summed E-state index contributed by atoms with van der Waals surface area (Å²) in [5.74, 6) is 1.35. The summed E-state index contributed by atoms with van der Waals surface area (Å²) in [6, 6.07) is 24.6. The average Bonchev–Trinajstić information content (AvgIpc) is 3.37. The summed E-state index contributed by atoms with van der Waals surface area (Å²) in [6.07, 6.45) is 0.493. The second kappa shape index (κ2) is 7.24. The first kappa shape index (κ1) is 17.2. The Labute approximate surface area is 167 Å². The fraction of sp³-hybridized carbons (Fsp3) is 0.0870. The van der Waals surface area contributed by atoms with Crippen molar-refractivity contribution in [1.29, 1.82) is 0 Å². The molecule has 0 aliphatic rings. The van der Waals surface area contributed by atoms with E-state index >= 15 is 0 Å². The van der Waals surface area contributed by atoms with Gasteiger partial charge in [-0.25, -0.2) is 9.97 Å². The van der Waals surface area contributed by atoms with Gasteiger partial charge in [0.15, 0.2) is 0 Å². The molecule has 1 unspecified atom stereocenters. The van der Waals surface area contributed by atoms with Gasteiger partial charge in [0, 0.05) is 12.0 Å². The molecule has 0 bridgehead atoms. The zero-order valence-corrected chi connectivity index (χ0v) is 15.6. The molecule has 29 heavy (non-hydrogen) atoms. The summed E-state index contributed by atoms with van der Waals surface area (Å²) in [4.78, 5) is 28.9. The fourth-order valence-electron chi connectivity index (χ4n) is 3.48. The van der Waals surface area contributed by atoms with Crippen LogP contribution in [-0.4, -0.2) is 25.8 Å². The van der Waals surface area contributed by atoms with Crippen LogP contribution in [0.5, 0.6) is 0 Å². The SMILES string of the molecule is O=C(NC(Cc1nc2ccccc2[nH]1)c1nc2ccccc2[nH]1)c1ccccc1. The van der Waals surface area contributed by atoms with E-state index in [1.807, 2.05) is 66.7 Å². The molecule has 6 nitrogen and oxygen atoms in total. The molecule has 2 heterocycles. The predicted octanol–water partition coefficient (Wildman–Crippen LogP) is 4.15. The lowest BCUT2D eigenvalue weighted by Gasteiger charge is -2.16. The minimum absolute atomic E-state index is 0.146. The van der Waals surface area contributed by atoms with Gasteiger partial charge < -0.3 is 15.3 Å². The molecule has 0 spiro atoms. The van der Waals surface area contributed by atoms with Crippen molar-refractivity contribution in [2.24, 2.45) is 0 Å². The molecule has 0 fully saturated rings. The number of benzene rings is 3. The van der Waals surface area contributed by atoms with Crippen LogP contribution < -0.4 is 5.32 Å². The van der Waals surface area contributed by atoms with Gasteiger partial charge >= 0.3 is 0 Å². The molecule has 3 N–H and O–H groups in total. The number of nitrogens with one attached hydrogen (secondary N) is 3. The molecule has 5 aromatic rings. The number of carbonyl (C=O) groups is 1. The summed E-state index contributed by atoms with van der Waals surface area (Å²) in [5.41, 5.74) is 4.29. The van der Waals surface area contributed by atoms with Gasteiger partial charge in [-0.05, 0) is 36.4 Å². The van der Waals surface area contributed by atoms with E-state index in [1.54, 1.807) is 12.1 Å². The van der Waals surface area contributed by atoms with Crippen LogP contribution in [0.3, 0.4) is 0 Å². The second-order valence-corrected chi connectivity index (χ2v) is 6.94. The van der Waals surface area contributed by atoms with Crippen LogP contribution in [-0.2, 0) is 6.42 Å². The number of aromatic amines is 2. The molecule has 3 aromatic carbocycles. The highest BCUT2D eigenvalue weighted by Crippen LogP contribution is 2.21. The van der Waals surface area contributed by atoms with E-state index < -0.39 is 0 Å². The molecular formula is C23H19N5O. The Balaban J connectivity index is 1.50. The topological polar surface area (TPSA) is 86.5 Å². The Bertz CT molecular complexity index is 1220. The number of hydrogen-bond acceptors (Lipinski definition) is 3. The molecule has 5 rings (SSSR count). The highest BCUT2D eigenvalue weighted by atomic mass is 16.1. The summed E-state index contributed by atoms with van der Waals surface area (Å²) in [7, 11) is 0. The summed E-state index contributed by atoms with van der Waals surface area (Å²) >= 11 is 0. The molecule has 2 aromatic heterocycles. The number of carbonyl (C=O) groups excluding carboxylic acids is 1. The maximum atomic E-state index is 12.8. The van der Waals surface area contributed by atoms with Crippen LogP contribution in [0, 0.1) is 0 Å². The maximum absolute atomic E-state index is 12.8. The van der Waals surface area contributed by atoms with E-state index in [4.69, 9.17) is 4.98 Å². The Hall–Kier alpha value is -3.93. The number of amides is 1. The van der Waals surface area contributed by atoms with Crippen molar-refractivity contribution in [1.82, 2.24) is 25.3 Å². The molecule has 6 heteroatoms. The zero-order chi connectivity index (χ0) is 19.6. The van der Waals surface area contributed by atoms with E-state index in [0.717, 1.165) is 27.9 Å². The van der Waals surface area contributed by atoms with Crippen LogP contribution in [0.1, 0.15) is 28.0 Å². The average molecular weight is 381 g/mol. The van der Waals surface area contributed by atoms with E-state index in [2.05, 4.69) is 20.3 Å². The summed E-state index contributed by atoms with van der Waals surface area (Å²) in [6.45, 7) is 0. The lowest BCUT2D eigenvalue weighted by Crippen LogP contribution is -2.31. The fourth-order valence-corrected chi connectivity index (χ4v) is 3.48. The Kier molecular flexibility index (Phi) is 4.29. The number of H-pyrrole nitrogens is 2. The third-order valence-corrected chi connectivity index (χ3v) is 4.91. The lowest BCUT2D eigenvalue weighted by atomic mass is 10.1. The molecule has 0 radical (unpaired) electrons. The highest BCUT2D eigenvalue weighted by molar-refractivity contribution is 5.94. The molecule has 0 saturated heterocycles. The second-order valence-electron chi connectivity index (χ2n) is 6.94. The summed E-state index contributed by atoms with van der Waals surface area (Å²) in [5, 5.41) is 3.11. The number of aromatic nitrogens is 4. The molecule has 0 aliphatic carbocycles. The first-order valence-corrected chi connectivity index (χ1v) is 9.50. The zero-order valence-electron chi connectivity index (χ0n) is 15.6. The minimum Gasteiger partial charge on any atom is -0.342 e. The van der Waals surface area contributed by atoms with Gasteiger partial charge in [0.2, 0.25) is 0 Å². The van der Waals surface area contributed by atoms with E-state index in [0.29, 0.717) is 17.8 Å². The predicted molar refractivity (Wildman–Crippen MR) is 113 cm³/mol. The van der Waals surface area contributed by atoms with E-state index in [1.165, 1.54) is 0 Å². The van der Waals surface area contributed by atoms with Crippen molar-refractivity contribution in [3.8, 4) is 0 Å². The van der Waals surface area contributed by atoms with Crippen LogP contribution in [0.4, 0.5) is 0 Å². The number of nitrogens with zero attached hydrogens (tertiary/aromatic N) is 2. The lowest BCUT2D eigenvalue weighted by molar-refractivity contribution is 0.0934. The van der Waals surface area contributed by atoms with Crippen LogP contribution >= 0.6 is 0 Å². The van der Waals surface area contributed by atoms with Crippen LogP contribution in [0.15, 0.2) is 78.9 Å². The first-order valence-electron chi connectivity index (χ1n) is 9.50. The minimum atomic E-state index is -0.351. The van der Waals surface area contributed by atoms with Gasteiger partial charge in [0.05, 0.1) is 28.1 Å². The van der Waals surface area contributed by atoms with Crippen LogP contribution in [0.2, 0.25) is 0 Å². The van der Waals surface area contributed by atoms with Gasteiger partial charge in [0.1, 0.15) is 11.6 Å². The Morgan fingerprint density at radius 3 is 2.10 bits per heavy atom. The van der Waals surface area contributed by atoms with E-state index in [-0.39, 0.29) is 11.9 Å². The summed E-state index contributed by atoms with van der Waals surface area (Å²) < 4.78 is 0. The van der Waals surface area contributed by atoms with Gasteiger partial charge in [0.25, 0.3) is 5.91 Å². The molecular weight excluding hydrogens is 362 g/mol. The van der Waals surface area contributed by atoms with E-state index in [9.17, 15) is 4.79 Å². The first-order chi connectivity index (χ1) is 14.3. The van der Waals surface area contributed by atoms with Crippen molar-refractivity contribution < 1.29 is 4.79 Å². The third kappa shape index (κ3) is 3.48. The number of imidazole rings is 2. The largest absolute Gasteiger partial charge is 0.342 e. The molecule has 1 atom stereocenters. The molecule has 0 aliphatic heterocycles. The van der Waals surface area contributed by atoms with Crippen molar-refractivity contribution in [3.63, 3.8) is 0 Å². The van der Waals surface area contributed by atoms with Crippen molar-refractivity contribution in [2.45, 2.75) is 12.5 Å². The van der Waals surface area contributed by atoms with Crippen LogP contribution in [0.25, 0.3) is 22.1 Å². The molecule has 0 saturated carbocycles. The normalized spacial score (nSPS) is 12.3. The standard InChI is InChI=1S/C23H19N5O/c29-23(15-8-2-1-3-9-15)28-20(22-26-18-12-6-7-13-19(18)27-22)14-21-24-16-10-4-5-11-17(16)25-21/h1-13,20H,14H2,(H,24,25)(H,26,27)(H,28,29). The van der Waals surface area contributed by atoms with Crippen molar-refractivity contribution in [3.05, 3.63) is 96.1 Å². The molecule has 142 valence electrons. The third-order valence-electron chi connectivity index (χ3n) is 4.91. The number of rotatable bonds is 5. The highest BCUT2D eigenvalue weighted by Gasteiger charge is 2.21. The quantitative estimate of drug-likeness (QED) is 0.427. The Morgan fingerprint density at radius 2 is 1.41 bits per heavy atom. The van der Waals surface area contributed by atoms with Gasteiger partial charge in [-0.2, -0.15) is 0 Å².